The number of rotatable bonds is 3. The topological polar surface area (TPSA) is 33.2 Å². The van der Waals surface area contributed by atoms with Gasteiger partial charge in [-0.05, 0) is 42.7 Å². The van der Waals surface area contributed by atoms with E-state index < -0.39 is 0 Å². The molecule has 3 nitrogen and oxygen atoms in total. The summed E-state index contributed by atoms with van der Waals surface area (Å²) in [6.45, 7) is 11.1. The molecule has 0 radical (unpaired) electrons. The van der Waals surface area contributed by atoms with E-state index in [2.05, 4.69) is 30.7 Å². The van der Waals surface area contributed by atoms with E-state index in [4.69, 9.17) is 0 Å². The first-order valence-corrected chi connectivity index (χ1v) is 8.16. The Bertz CT molecular complexity index is 473. The van der Waals surface area contributed by atoms with Crippen molar-refractivity contribution in [2.75, 3.05) is 18.0 Å². The summed E-state index contributed by atoms with van der Waals surface area (Å²) >= 11 is 0. The molecule has 0 aromatic carbocycles. The van der Waals surface area contributed by atoms with Gasteiger partial charge in [-0.2, -0.15) is 0 Å². The number of carbonyl (C=O) groups is 1. The Morgan fingerprint density at radius 3 is 2.62 bits per heavy atom. The third-order valence-corrected chi connectivity index (χ3v) is 4.67. The van der Waals surface area contributed by atoms with E-state index in [0.717, 1.165) is 24.7 Å². The number of anilines is 1. The Kier molecular flexibility index (Phi) is 5.02. The van der Waals surface area contributed by atoms with Gasteiger partial charge < -0.3 is 4.90 Å². The largest absolute Gasteiger partial charge is 0.370 e. The maximum absolute atomic E-state index is 11.6. The van der Waals surface area contributed by atoms with Crippen LogP contribution in [-0.2, 0) is 0 Å². The lowest BCUT2D eigenvalue weighted by atomic mass is 9.77. The van der Waals surface area contributed by atoms with E-state index in [1.807, 2.05) is 25.3 Å². The Morgan fingerprint density at radius 1 is 1.29 bits per heavy atom. The molecule has 1 aliphatic rings. The van der Waals surface area contributed by atoms with Crippen molar-refractivity contribution in [3.63, 3.8) is 0 Å². The molecule has 0 spiro atoms. The average Bonchev–Trinajstić information content (AvgIpc) is 2.72. The van der Waals surface area contributed by atoms with Gasteiger partial charge in [0.15, 0.2) is 5.78 Å². The fourth-order valence-electron chi connectivity index (χ4n) is 3.14. The van der Waals surface area contributed by atoms with Crippen LogP contribution in [-0.4, -0.2) is 23.9 Å². The zero-order valence-electron chi connectivity index (χ0n) is 13.9. The molecule has 116 valence electrons. The van der Waals surface area contributed by atoms with Crippen molar-refractivity contribution < 1.29 is 4.79 Å². The number of pyridine rings is 1. The van der Waals surface area contributed by atoms with Crippen LogP contribution in [0.2, 0.25) is 0 Å². The molecule has 21 heavy (non-hydrogen) atoms. The number of carbonyl (C=O) groups excluding carboxylic acids is 1. The summed E-state index contributed by atoms with van der Waals surface area (Å²) in [7, 11) is 0. The Hall–Kier alpha value is -1.38. The van der Waals surface area contributed by atoms with Gasteiger partial charge in [0, 0.05) is 19.5 Å². The SMILES string of the molecule is CCC(=O)c1ccc(N2CCCC(C(C)(C)C)CC2)cn1. The summed E-state index contributed by atoms with van der Waals surface area (Å²) in [5.41, 5.74) is 2.13. The van der Waals surface area contributed by atoms with Gasteiger partial charge in [0.2, 0.25) is 0 Å². The van der Waals surface area contributed by atoms with Crippen LogP contribution < -0.4 is 4.90 Å². The fourth-order valence-corrected chi connectivity index (χ4v) is 3.14. The minimum Gasteiger partial charge on any atom is -0.370 e. The minimum atomic E-state index is 0.116. The van der Waals surface area contributed by atoms with Gasteiger partial charge in [0.05, 0.1) is 11.9 Å². The highest BCUT2D eigenvalue weighted by atomic mass is 16.1. The van der Waals surface area contributed by atoms with Crippen LogP contribution >= 0.6 is 0 Å². The number of aromatic nitrogens is 1. The lowest BCUT2D eigenvalue weighted by Gasteiger charge is -2.30. The van der Waals surface area contributed by atoms with Gasteiger partial charge >= 0.3 is 0 Å². The van der Waals surface area contributed by atoms with E-state index in [1.165, 1.54) is 19.3 Å². The lowest BCUT2D eigenvalue weighted by Crippen LogP contribution is -2.26. The third-order valence-electron chi connectivity index (χ3n) is 4.67. The molecule has 0 saturated carbocycles. The van der Waals surface area contributed by atoms with Crippen molar-refractivity contribution in [3.05, 3.63) is 24.0 Å². The molecule has 0 aliphatic carbocycles. The van der Waals surface area contributed by atoms with E-state index >= 15 is 0 Å². The van der Waals surface area contributed by atoms with Crippen molar-refractivity contribution in [1.82, 2.24) is 4.98 Å². The van der Waals surface area contributed by atoms with Gasteiger partial charge in [-0.3, -0.25) is 9.78 Å². The predicted molar refractivity (Wildman–Crippen MR) is 87.9 cm³/mol. The van der Waals surface area contributed by atoms with Crippen molar-refractivity contribution in [1.29, 1.82) is 0 Å². The average molecular weight is 288 g/mol. The van der Waals surface area contributed by atoms with Crippen LogP contribution in [0, 0.1) is 11.3 Å². The zero-order valence-corrected chi connectivity index (χ0v) is 13.9. The molecule has 2 heterocycles. The van der Waals surface area contributed by atoms with Crippen LogP contribution in [0.25, 0.3) is 0 Å². The second kappa shape index (κ2) is 6.59. The van der Waals surface area contributed by atoms with Gasteiger partial charge in [0.1, 0.15) is 5.69 Å². The predicted octanol–water partition coefficient (Wildman–Crippen LogP) is 4.33. The van der Waals surface area contributed by atoms with Crippen molar-refractivity contribution in [3.8, 4) is 0 Å². The first-order chi connectivity index (χ1) is 9.91. The highest BCUT2D eigenvalue weighted by molar-refractivity contribution is 5.94. The van der Waals surface area contributed by atoms with Crippen molar-refractivity contribution in [2.24, 2.45) is 11.3 Å². The molecular weight excluding hydrogens is 260 g/mol. The Balaban J connectivity index is 2.04. The molecule has 3 heteroatoms. The number of Topliss-reactive ketones (excluding diaryl/α,β-unsaturated/α-hetero) is 1. The van der Waals surface area contributed by atoms with Crippen LogP contribution in [0.4, 0.5) is 5.69 Å². The third kappa shape index (κ3) is 4.05. The number of ketones is 1. The fraction of sp³-hybridized carbons (Fsp3) is 0.667. The quantitative estimate of drug-likeness (QED) is 0.776. The molecule has 1 saturated heterocycles. The van der Waals surface area contributed by atoms with Gasteiger partial charge in [-0.25, -0.2) is 0 Å². The van der Waals surface area contributed by atoms with Crippen molar-refractivity contribution in [2.45, 2.75) is 53.4 Å². The minimum absolute atomic E-state index is 0.116. The monoisotopic (exact) mass is 288 g/mol. The second-order valence-corrected chi connectivity index (χ2v) is 7.16. The van der Waals surface area contributed by atoms with E-state index in [-0.39, 0.29) is 5.78 Å². The van der Waals surface area contributed by atoms with E-state index in [1.54, 1.807) is 0 Å². The maximum Gasteiger partial charge on any atom is 0.180 e. The Morgan fingerprint density at radius 2 is 2.05 bits per heavy atom. The molecule has 1 atom stereocenters. The van der Waals surface area contributed by atoms with Crippen LogP contribution in [0.5, 0.6) is 0 Å². The summed E-state index contributed by atoms with van der Waals surface area (Å²) in [4.78, 5) is 18.4. The molecule has 1 aliphatic heterocycles. The Labute approximate surface area is 128 Å². The van der Waals surface area contributed by atoms with Gasteiger partial charge in [0.25, 0.3) is 0 Å². The maximum atomic E-state index is 11.6. The zero-order chi connectivity index (χ0) is 15.5. The highest BCUT2D eigenvalue weighted by Crippen LogP contribution is 2.35. The molecule has 0 bridgehead atoms. The van der Waals surface area contributed by atoms with Gasteiger partial charge in [-0.15, -0.1) is 0 Å². The number of hydrogen-bond donors (Lipinski definition) is 0. The molecule has 0 amide bonds. The summed E-state index contributed by atoms with van der Waals surface area (Å²) in [6, 6.07) is 3.92. The van der Waals surface area contributed by atoms with Gasteiger partial charge in [-0.1, -0.05) is 27.7 Å². The van der Waals surface area contributed by atoms with Crippen LogP contribution in [0.1, 0.15) is 63.9 Å². The van der Waals surface area contributed by atoms with Crippen LogP contribution in [0.3, 0.4) is 0 Å². The molecule has 2 rings (SSSR count). The molecule has 0 N–H and O–H groups in total. The molecule has 1 aromatic heterocycles. The second-order valence-electron chi connectivity index (χ2n) is 7.16. The molecule has 1 aromatic rings. The smallest absolute Gasteiger partial charge is 0.180 e. The lowest BCUT2D eigenvalue weighted by molar-refractivity contribution is 0.0983. The first kappa shape index (κ1) is 16.0. The normalized spacial score (nSPS) is 20.2. The number of hydrogen-bond acceptors (Lipinski definition) is 3. The highest BCUT2D eigenvalue weighted by Gasteiger charge is 2.27. The standard InChI is InChI=1S/C18H28N2O/c1-5-17(21)16-9-8-15(13-19-16)20-11-6-7-14(10-12-20)18(2,3)4/h8-9,13-14H,5-7,10-12H2,1-4H3. The summed E-state index contributed by atoms with van der Waals surface area (Å²) < 4.78 is 0. The van der Waals surface area contributed by atoms with E-state index in [9.17, 15) is 4.79 Å². The van der Waals surface area contributed by atoms with Crippen molar-refractivity contribution >= 4 is 11.5 Å². The van der Waals surface area contributed by atoms with E-state index in [0.29, 0.717) is 17.5 Å². The first-order valence-electron chi connectivity index (χ1n) is 8.16. The summed E-state index contributed by atoms with van der Waals surface area (Å²) in [6.07, 6.45) is 6.15. The molecular formula is C18H28N2O. The molecule has 1 fully saturated rings. The summed E-state index contributed by atoms with van der Waals surface area (Å²) in [5, 5.41) is 0. The summed E-state index contributed by atoms with van der Waals surface area (Å²) in [5.74, 6) is 0.904. The number of nitrogens with zero attached hydrogens (tertiary/aromatic N) is 2. The van der Waals surface area contributed by atoms with Crippen LogP contribution in [0.15, 0.2) is 18.3 Å². The molecule has 1 unspecified atom stereocenters.